The van der Waals surface area contributed by atoms with E-state index in [2.05, 4.69) is 50.5 Å². The molecule has 1 aromatic carbocycles. The molecule has 3 aromatic heterocycles. The van der Waals surface area contributed by atoms with Gasteiger partial charge in [-0.2, -0.15) is 10.1 Å². The summed E-state index contributed by atoms with van der Waals surface area (Å²) in [5.41, 5.74) is 9.60. The van der Waals surface area contributed by atoms with Crippen molar-refractivity contribution in [1.82, 2.24) is 29.3 Å². The number of hydrogen-bond donors (Lipinski definition) is 2. The van der Waals surface area contributed by atoms with Crippen molar-refractivity contribution in [3.8, 4) is 5.75 Å². The van der Waals surface area contributed by atoms with Gasteiger partial charge in [0.05, 0.1) is 26.2 Å². The van der Waals surface area contributed by atoms with Crippen molar-refractivity contribution in [3.63, 3.8) is 0 Å². The number of aromatic nitrogens is 6. The SMILES string of the molecule is CCCCNc1nc(N)nc2cnn(Cc3ccc(Cn4ccnc4)cc3OC)c12. The van der Waals surface area contributed by atoms with Crippen LogP contribution in [0.5, 0.6) is 5.75 Å². The second-order valence-corrected chi connectivity index (χ2v) is 7.13. The van der Waals surface area contributed by atoms with Crippen molar-refractivity contribution in [3.05, 3.63) is 54.2 Å². The molecular formula is C21H26N8O. The number of methoxy groups -OCH3 is 1. The van der Waals surface area contributed by atoms with Gasteiger partial charge in [0.2, 0.25) is 5.95 Å². The summed E-state index contributed by atoms with van der Waals surface area (Å²) in [5, 5.41) is 7.90. The predicted molar refractivity (Wildman–Crippen MR) is 117 cm³/mol. The fourth-order valence-electron chi connectivity index (χ4n) is 3.41. The highest BCUT2D eigenvalue weighted by atomic mass is 16.5. The Kier molecular flexibility index (Phi) is 5.78. The molecule has 3 N–H and O–H groups in total. The van der Waals surface area contributed by atoms with Gasteiger partial charge in [-0.3, -0.25) is 4.68 Å². The molecule has 9 nitrogen and oxygen atoms in total. The molecule has 0 saturated carbocycles. The van der Waals surface area contributed by atoms with Crippen LogP contribution in [0, 0.1) is 0 Å². The molecule has 0 atom stereocenters. The van der Waals surface area contributed by atoms with E-state index in [-0.39, 0.29) is 5.95 Å². The summed E-state index contributed by atoms with van der Waals surface area (Å²) in [7, 11) is 1.68. The molecule has 0 aliphatic heterocycles. The lowest BCUT2D eigenvalue weighted by Gasteiger charge is -2.13. The minimum Gasteiger partial charge on any atom is -0.496 e. The maximum absolute atomic E-state index is 5.88. The van der Waals surface area contributed by atoms with E-state index >= 15 is 0 Å². The third kappa shape index (κ3) is 4.19. The smallest absolute Gasteiger partial charge is 0.222 e. The Labute approximate surface area is 174 Å². The highest BCUT2D eigenvalue weighted by Gasteiger charge is 2.14. The molecule has 4 rings (SSSR count). The number of nitrogens with one attached hydrogen (secondary N) is 1. The average molecular weight is 406 g/mol. The lowest BCUT2D eigenvalue weighted by atomic mass is 10.1. The normalized spacial score (nSPS) is 11.1. The van der Waals surface area contributed by atoms with Gasteiger partial charge in [0.15, 0.2) is 5.82 Å². The molecule has 0 aliphatic rings. The van der Waals surface area contributed by atoms with E-state index in [1.54, 1.807) is 25.8 Å². The lowest BCUT2D eigenvalue weighted by molar-refractivity contribution is 0.407. The number of rotatable bonds is 9. The van der Waals surface area contributed by atoms with Crippen LogP contribution in [-0.2, 0) is 13.1 Å². The average Bonchev–Trinajstić information content (AvgIpc) is 3.39. The van der Waals surface area contributed by atoms with Gasteiger partial charge in [0.25, 0.3) is 0 Å². The molecule has 156 valence electrons. The summed E-state index contributed by atoms with van der Waals surface area (Å²) in [4.78, 5) is 12.8. The fraction of sp³-hybridized carbons (Fsp3) is 0.333. The standard InChI is InChI=1S/C21H26N8O/c1-3-4-7-24-20-19-17(26-21(22)27-20)11-25-29(19)13-16-6-5-15(10-18(16)30-2)12-28-9-8-23-14-28/h5-6,8-11,14H,3-4,7,12-13H2,1-2H3,(H3,22,24,26,27). The van der Waals surface area contributed by atoms with Gasteiger partial charge in [0.1, 0.15) is 16.8 Å². The van der Waals surface area contributed by atoms with Crippen molar-refractivity contribution >= 4 is 22.8 Å². The number of ether oxygens (including phenoxy) is 1. The van der Waals surface area contributed by atoms with Crippen LogP contribution < -0.4 is 15.8 Å². The van der Waals surface area contributed by atoms with Crippen molar-refractivity contribution in [2.24, 2.45) is 0 Å². The van der Waals surface area contributed by atoms with E-state index in [1.807, 2.05) is 15.4 Å². The largest absolute Gasteiger partial charge is 0.496 e. The summed E-state index contributed by atoms with van der Waals surface area (Å²) in [6, 6.07) is 6.22. The van der Waals surface area contributed by atoms with Crippen molar-refractivity contribution in [1.29, 1.82) is 0 Å². The maximum atomic E-state index is 5.88. The molecular weight excluding hydrogens is 380 g/mol. The number of nitrogen functional groups attached to an aromatic ring is 1. The first-order valence-corrected chi connectivity index (χ1v) is 10.0. The van der Waals surface area contributed by atoms with Crippen molar-refractivity contribution < 1.29 is 4.74 Å². The zero-order valence-corrected chi connectivity index (χ0v) is 17.2. The number of unbranched alkanes of at least 4 members (excludes halogenated alkanes) is 1. The molecule has 0 fully saturated rings. The summed E-state index contributed by atoms with van der Waals surface area (Å²) in [6.45, 7) is 4.24. The number of nitrogens with two attached hydrogens (primary N) is 1. The van der Waals surface area contributed by atoms with Gasteiger partial charge in [0, 0.05) is 31.0 Å². The van der Waals surface area contributed by atoms with E-state index in [1.165, 1.54) is 0 Å². The Morgan fingerprint density at radius 1 is 1.20 bits per heavy atom. The first kappa shape index (κ1) is 19.7. The summed E-state index contributed by atoms with van der Waals surface area (Å²) in [5.74, 6) is 1.76. The molecule has 0 bridgehead atoms. The van der Waals surface area contributed by atoms with Gasteiger partial charge in [-0.1, -0.05) is 25.5 Å². The molecule has 0 amide bonds. The molecule has 0 saturated heterocycles. The van der Waals surface area contributed by atoms with Crippen LogP contribution in [0.1, 0.15) is 30.9 Å². The van der Waals surface area contributed by atoms with Crippen molar-refractivity contribution in [2.75, 3.05) is 24.7 Å². The van der Waals surface area contributed by atoms with E-state index in [0.717, 1.165) is 53.8 Å². The molecule has 30 heavy (non-hydrogen) atoms. The van der Waals surface area contributed by atoms with Crippen LogP contribution >= 0.6 is 0 Å². The third-order valence-corrected chi connectivity index (χ3v) is 4.92. The third-order valence-electron chi connectivity index (χ3n) is 4.92. The van der Waals surface area contributed by atoms with Crippen LogP contribution in [-0.4, -0.2) is 43.0 Å². The Morgan fingerprint density at radius 2 is 2.10 bits per heavy atom. The number of anilines is 2. The van der Waals surface area contributed by atoms with Crippen LogP contribution in [0.15, 0.2) is 43.1 Å². The van der Waals surface area contributed by atoms with Crippen molar-refractivity contribution in [2.45, 2.75) is 32.9 Å². The molecule has 0 unspecified atom stereocenters. The predicted octanol–water partition coefficient (Wildman–Crippen LogP) is 2.92. The van der Waals surface area contributed by atoms with E-state index in [0.29, 0.717) is 12.4 Å². The van der Waals surface area contributed by atoms with E-state index < -0.39 is 0 Å². The number of benzene rings is 1. The van der Waals surface area contributed by atoms with Gasteiger partial charge < -0.3 is 20.4 Å². The van der Waals surface area contributed by atoms with Crippen LogP contribution in [0.4, 0.5) is 11.8 Å². The van der Waals surface area contributed by atoms with Gasteiger partial charge in [-0.15, -0.1) is 0 Å². The maximum Gasteiger partial charge on any atom is 0.222 e. The monoisotopic (exact) mass is 406 g/mol. The minimum atomic E-state index is 0.238. The van der Waals surface area contributed by atoms with Gasteiger partial charge in [-0.05, 0) is 18.1 Å². The quantitative estimate of drug-likeness (QED) is 0.411. The molecule has 4 aromatic rings. The summed E-state index contributed by atoms with van der Waals surface area (Å²) >= 11 is 0. The van der Waals surface area contributed by atoms with Gasteiger partial charge in [-0.25, -0.2) is 9.97 Å². The molecule has 0 radical (unpaired) electrons. The lowest BCUT2D eigenvalue weighted by Crippen LogP contribution is -2.10. The molecule has 9 heteroatoms. The van der Waals surface area contributed by atoms with Gasteiger partial charge >= 0.3 is 0 Å². The van der Waals surface area contributed by atoms with E-state index in [4.69, 9.17) is 10.5 Å². The Morgan fingerprint density at radius 3 is 2.87 bits per heavy atom. The number of hydrogen-bond acceptors (Lipinski definition) is 7. The number of imidazole rings is 1. The zero-order chi connectivity index (χ0) is 20.9. The topological polar surface area (TPSA) is 109 Å². The summed E-state index contributed by atoms with van der Waals surface area (Å²) < 4.78 is 9.57. The molecule has 0 aliphatic carbocycles. The highest BCUT2D eigenvalue weighted by Crippen LogP contribution is 2.26. The molecule has 3 heterocycles. The molecule has 0 spiro atoms. The van der Waals surface area contributed by atoms with Crippen LogP contribution in [0.3, 0.4) is 0 Å². The second kappa shape index (κ2) is 8.81. The zero-order valence-electron chi connectivity index (χ0n) is 17.2. The first-order valence-electron chi connectivity index (χ1n) is 10.0. The minimum absolute atomic E-state index is 0.238. The fourth-order valence-corrected chi connectivity index (χ4v) is 3.41. The Balaban J connectivity index is 1.63. The Bertz CT molecular complexity index is 1120. The number of nitrogens with zero attached hydrogens (tertiary/aromatic N) is 6. The number of fused-ring (bicyclic) bond motifs is 1. The first-order chi connectivity index (χ1) is 14.7. The highest BCUT2D eigenvalue weighted by molar-refractivity contribution is 5.86. The second-order valence-electron chi connectivity index (χ2n) is 7.13. The summed E-state index contributed by atoms with van der Waals surface area (Å²) in [6.07, 6.45) is 9.38. The van der Waals surface area contributed by atoms with Crippen LogP contribution in [0.25, 0.3) is 11.0 Å². The van der Waals surface area contributed by atoms with E-state index in [9.17, 15) is 0 Å². The Hall–Kier alpha value is -3.62. The van der Waals surface area contributed by atoms with Crippen LogP contribution in [0.2, 0.25) is 0 Å².